The van der Waals surface area contributed by atoms with Gasteiger partial charge in [0.2, 0.25) is 0 Å². The lowest BCUT2D eigenvalue weighted by atomic mass is 9.83. The summed E-state index contributed by atoms with van der Waals surface area (Å²) < 4.78 is 0. The van der Waals surface area contributed by atoms with Crippen LogP contribution in [-0.4, -0.2) is 0 Å². The summed E-state index contributed by atoms with van der Waals surface area (Å²) in [4.78, 5) is 0. The molecule has 0 amide bonds. The molecule has 1 saturated carbocycles. The highest BCUT2D eigenvalue weighted by Crippen LogP contribution is 2.40. The molecular formula is C23H40. The third-order valence-electron chi connectivity index (χ3n) is 5.32. The Balaban J connectivity index is 2.51. The molecule has 1 unspecified atom stereocenters. The number of allylic oxidation sites excluding steroid dienone is 5. The van der Waals surface area contributed by atoms with Gasteiger partial charge in [-0.25, -0.2) is 0 Å². The lowest BCUT2D eigenvalue weighted by Crippen LogP contribution is -2.10. The molecule has 0 N–H and O–H groups in total. The molecule has 1 aliphatic carbocycles. The van der Waals surface area contributed by atoms with E-state index in [1.165, 1.54) is 69.8 Å². The van der Waals surface area contributed by atoms with Crippen LogP contribution >= 0.6 is 0 Å². The summed E-state index contributed by atoms with van der Waals surface area (Å²) in [6.45, 7) is 13.7. The molecule has 0 radical (unpaired) electrons. The fourth-order valence-electron chi connectivity index (χ4n) is 3.60. The van der Waals surface area contributed by atoms with Gasteiger partial charge in [0, 0.05) is 5.92 Å². The van der Waals surface area contributed by atoms with Gasteiger partial charge in [0.25, 0.3) is 0 Å². The molecule has 2 atom stereocenters. The Morgan fingerprint density at radius 2 is 1.83 bits per heavy atom. The Hall–Kier alpha value is -0.780. The average molecular weight is 317 g/mol. The highest BCUT2D eigenvalue weighted by Gasteiger charge is 2.28. The van der Waals surface area contributed by atoms with E-state index in [0.717, 1.165) is 5.92 Å². The van der Waals surface area contributed by atoms with Crippen molar-refractivity contribution >= 4 is 0 Å². The average Bonchev–Trinajstić information content (AvgIpc) is 2.86. The van der Waals surface area contributed by atoms with Crippen LogP contribution in [0.5, 0.6) is 0 Å². The second kappa shape index (κ2) is 10.9. The minimum atomic E-state index is 0.333. The van der Waals surface area contributed by atoms with Gasteiger partial charge in [0.05, 0.1) is 0 Å². The predicted octanol–water partition coefficient (Wildman–Crippen LogP) is 7.87. The summed E-state index contributed by atoms with van der Waals surface area (Å²) in [6, 6.07) is 0. The minimum Gasteiger partial charge on any atom is -0.0993 e. The van der Waals surface area contributed by atoms with Crippen molar-refractivity contribution in [1.82, 2.24) is 0 Å². The summed E-state index contributed by atoms with van der Waals surface area (Å²) in [5, 5.41) is 0. The monoisotopic (exact) mass is 316 g/mol. The molecule has 0 spiro atoms. The van der Waals surface area contributed by atoms with Gasteiger partial charge in [0.1, 0.15) is 0 Å². The van der Waals surface area contributed by atoms with Gasteiger partial charge in [-0.3, -0.25) is 0 Å². The lowest BCUT2D eigenvalue weighted by molar-refractivity contribution is 0.406. The second-order valence-corrected chi connectivity index (χ2v) is 8.14. The quantitative estimate of drug-likeness (QED) is 0.269. The molecular weight excluding hydrogens is 276 g/mol. The molecule has 1 rings (SSSR count). The second-order valence-electron chi connectivity index (χ2n) is 8.14. The van der Waals surface area contributed by atoms with Gasteiger partial charge >= 0.3 is 0 Å². The standard InChI is InChI=1S/C23H40/c1-6-8-10-11-12-14-21-16-15-20(3)22(21)17-19-23(4,5)18-13-9-7-2/h11-12,17,19,21-22H,3,6-10,13-16,18H2,1-2,4-5H3/b12-11-,19-17+/t21-,22?/m0/s1. The van der Waals surface area contributed by atoms with E-state index < -0.39 is 0 Å². The first-order valence-electron chi connectivity index (χ1n) is 10.0. The molecule has 0 heterocycles. The fourth-order valence-corrected chi connectivity index (χ4v) is 3.60. The first-order chi connectivity index (χ1) is 11.0. The number of unbranched alkanes of at least 4 members (excludes halogenated alkanes) is 4. The summed E-state index contributed by atoms with van der Waals surface area (Å²) in [6.07, 6.45) is 22.7. The van der Waals surface area contributed by atoms with Crippen molar-refractivity contribution in [2.24, 2.45) is 17.3 Å². The van der Waals surface area contributed by atoms with Gasteiger partial charge < -0.3 is 0 Å². The zero-order valence-corrected chi connectivity index (χ0v) is 16.2. The van der Waals surface area contributed by atoms with Gasteiger partial charge in [-0.1, -0.05) is 96.3 Å². The van der Waals surface area contributed by atoms with Crippen molar-refractivity contribution in [2.75, 3.05) is 0 Å². The summed E-state index contributed by atoms with van der Waals surface area (Å²) in [5.74, 6) is 1.39. The first kappa shape index (κ1) is 20.3. The van der Waals surface area contributed by atoms with E-state index in [-0.39, 0.29) is 0 Å². The smallest absolute Gasteiger partial charge is 0.000559 e. The van der Waals surface area contributed by atoms with E-state index in [2.05, 4.69) is 58.6 Å². The van der Waals surface area contributed by atoms with Crippen molar-refractivity contribution in [3.8, 4) is 0 Å². The molecule has 132 valence electrons. The largest absolute Gasteiger partial charge is 0.0993 e. The SMILES string of the molecule is C=C1CC[C@H](C/C=C\CCCC)C1/C=C/C(C)(C)CCCCC. The van der Waals surface area contributed by atoms with E-state index in [1.54, 1.807) is 0 Å². The van der Waals surface area contributed by atoms with Crippen molar-refractivity contribution in [3.63, 3.8) is 0 Å². The van der Waals surface area contributed by atoms with Crippen molar-refractivity contribution in [3.05, 3.63) is 36.5 Å². The van der Waals surface area contributed by atoms with E-state index in [0.29, 0.717) is 11.3 Å². The summed E-state index contributed by atoms with van der Waals surface area (Å²) >= 11 is 0. The molecule has 0 bridgehead atoms. The zero-order valence-electron chi connectivity index (χ0n) is 16.2. The van der Waals surface area contributed by atoms with Gasteiger partial charge in [-0.2, -0.15) is 0 Å². The fraction of sp³-hybridized carbons (Fsp3) is 0.739. The highest BCUT2D eigenvalue weighted by atomic mass is 14.3. The minimum absolute atomic E-state index is 0.333. The van der Waals surface area contributed by atoms with Crippen LogP contribution in [0.2, 0.25) is 0 Å². The topological polar surface area (TPSA) is 0 Å². The van der Waals surface area contributed by atoms with Crippen LogP contribution in [0.15, 0.2) is 36.5 Å². The van der Waals surface area contributed by atoms with Crippen LogP contribution in [0.25, 0.3) is 0 Å². The van der Waals surface area contributed by atoms with Gasteiger partial charge in [0.15, 0.2) is 0 Å². The molecule has 0 nitrogen and oxygen atoms in total. The Labute approximate surface area is 146 Å². The van der Waals surface area contributed by atoms with Crippen LogP contribution in [-0.2, 0) is 0 Å². The van der Waals surface area contributed by atoms with Crippen molar-refractivity contribution < 1.29 is 0 Å². The maximum absolute atomic E-state index is 4.34. The summed E-state index contributed by atoms with van der Waals surface area (Å²) in [5.41, 5.74) is 1.79. The molecule has 0 saturated heterocycles. The molecule has 0 aliphatic heterocycles. The number of hydrogen-bond donors (Lipinski definition) is 0. The molecule has 0 aromatic heterocycles. The number of rotatable bonds is 11. The molecule has 0 heteroatoms. The van der Waals surface area contributed by atoms with Crippen LogP contribution in [0.4, 0.5) is 0 Å². The van der Waals surface area contributed by atoms with Crippen LogP contribution in [0, 0.1) is 17.3 Å². The normalized spacial score (nSPS) is 22.7. The Morgan fingerprint density at radius 1 is 1.09 bits per heavy atom. The zero-order chi connectivity index (χ0) is 17.1. The van der Waals surface area contributed by atoms with E-state index in [4.69, 9.17) is 0 Å². The molecule has 1 aliphatic rings. The van der Waals surface area contributed by atoms with E-state index in [1.807, 2.05) is 0 Å². The molecule has 23 heavy (non-hydrogen) atoms. The number of hydrogen-bond acceptors (Lipinski definition) is 0. The van der Waals surface area contributed by atoms with E-state index in [9.17, 15) is 0 Å². The maximum Gasteiger partial charge on any atom is 0.000559 e. The van der Waals surface area contributed by atoms with Crippen LogP contribution < -0.4 is 0 Å². The highest BCUT2D eigenvalue weighted by molar-refractivity contribution is 5.18. The van der Waals surface area contributed by atoms with Crippen molar-refractivity contribution in [1.29, 1.82) is 0 Å². The molecule has 0 aromatic rings. The van der Waals surface area contributed by atoms with Gasteiger partial charge in [-0.05, 0) is 43.4 Å². The Kier molecular flexibility index (Phi) is 9.60. The third kappa shape index (κ3) is 8.04. The van der Waals surface area contributed by atoms with E-state index >= 15 is 0 Å². The maximum atomic E-state index is 4.34. The Bertz CT molecular complexity index is 383. The van der Waals surface area contributed by atoms with Gasteiger partial charge in [-0.15, -0.1) is 0 Å². The molecule has 1 fully saturated rings. The first-order valence-corrected chi connectivity index (χ1v) is 10.0. The lowest BCUT2D eigenvalue weighted by Gasteiger charge is -2.22. The Morgan fingerprint density at radius 3 is 2.52 bits per heavy atom. The summed E-state index contributed by atoms with van der Waals surface area (Å²) in [7, 11) is 0. The van der Waals surface area contributed by atoms with Crippen LogP contribution in [0.3, 0.4) is 0 Å². The van der Waals surface area contributed by atoms with Crippen LogP contribution in [0.1, 0.15) is 91.9 Å². The predicted molar refractivity (Wildman–Crippen MR) is 106 cm³/mol. The van der Waals surface area contributed by atoms with Crippen molar-refractivity contribution in [2.45, 2.75) is 91.9 Å². The third-order valence-corrected chi connectivity index (χ3v) is 5.32. The molecule has 0 aromatic carbocycles.